The first kappa shape index (κ1) is 23.8. The first-order valence-corrected chi connectivity index (χ1v) is 10.2. The van der Waals surface area contributed by atoms with Crippen molar-refractivity contribution in [3.63, 3.8) is 0 Å². The van der Waals surface area contributed by atoms with Gasteiger partial charge in [-0.25, -0.2) is 0 Å². The summed E-state index contributed by atoms with van der Waals surface area (Å²) in [7, 11) is 0. The van der Waals surface area contributed by atoms with Crippen LogP contribution in [0.4, 0.5) is 30.7 Å². The highest BCUT2D eigenvalue weighted by atomic mass is 79.9. The van der Waals surface area contributed by atoms with Crippen molar-refractivity contribution in [3.05, 3.63) is 61.5 Å². The molecule has 0 N–H and O–H groups in total. The molecule has 1 unspecified atom stereocenters. The third-order valence-corrected chi connectivity index (χ3v) is 6.49. The van der Waals surface area contributed by atoms with Crippen molar-refractivity contribution in [2.45, 2.75) is 28.7 Å². The largest absolute Gasteiger partial charge is 0.607 e. The molecule has 0 bridgehead atoms. The standard InChI is InChI=1S/C16H7Br2ClF7OS/c17-9-6-11(18)10(5-8-3-1-2-4-12(8)19)13(7-9)28(27)16(25,26)14(20,21)15(22,23)24/h1-4,7H,5H2. The average molecular weight is 576 g/mol. The third kappa shape index (κ3) is 4.48. The van der Waals surface area contributed by atoms with Crippen LogP contribution in [0.1, 0.15) is 11.1 Å². The van der Waals surface area contributed by atoms with Gasteiger partial charge in [-0.2, -0.15) is 22.0 Å². The van der Waals surface area contributed by atoms with Crippen LogP contribution in [0, 0.1) is 6.07 Å². The lowest BCUT2D eigenvalue weighted by atomic mass is 10.1. The molecule has 1 atom stereocenters. The van der Waals surface area contributed by atoms with Gasteiger partial charge in [0.25, 0.3) is 0 Å². The number of hydrogen-bond acceptors (Lipinski definition) is 1. The zero-order valence-electron chi connectivity index (χ0n) is 13.2. The van der Waals surface area contributed by atoms with Gasteiger partial charge in [0, 0.05) is 38.1 Å². The second-order valence-electron chi connectivity index (χ2n) is 5.40. The molecule has 0 aromatic heterocycles. The minimum absolute atomic E-state index is 0.0451. The molecule has 0 spiro atoms. The minimum Gasteiger partial charge on any atom is -0.607 e. The maximum atomic E-state index is 14.0. The smallest absolute Gasteiger partial charge is 0.486 e. The summed E-state index contributed by atoms with van der Waals surface area (Å²) < 4.78 is 104. The van der Waals surface area contributed by atoms with Crippen molar-refractivity contribution in [2.24, 2.45) is 0 Å². The van der Waals surface area contributed by atoms with E-state index >= 15 is 0 Å². The van der Waals surface area contributed by atoms with Gasteiger partial charge < -0.3 is 4.55 Å². The SMILES string of the molecule is [O-][S+](c1cc(Br)[c]c(Br)c1Cc1ccccc1Cl)C(F)(F)C(F)(F)C(F)(F)F. The van der Waals surface area contributed by atoms with Crippen LogP contribution in [0.25, 0.3) is 0 Å². The molecule has 0 amide bonds. The molecular weight excluding hydrogens is 568 g/mol. The normalized spacial score (nSPS) is 14.2. The van der Waals surface area contributed by atoms with Crippen molar-refractivity contribution in [2.75, 3.05) is 0 Å². The lowest BCUT2D eigenvalue weighted by molar-refractivity contribution is -0.332. The summed E-state index contributed by atoms with van der Waals surface area (Å²) in [6, 6.07) is 9.44. The molecule has 0 aliphatic heterocycles. The van der Waals surface area contributed by atoms with E-state index in [0.717, 1.165) is 6.07 Å². The fourth-order valence-electron chi connectivity index (χ4n) is 2.11. The fourth-order valence-corrected chi connectivity index (χ4v) is 5.10. The highest BCUT2D eigenvalue weighted by molar-refractivity contribution is 9.11. The molecule has 0 aliphatic carbocycles. The zero-order valence-corrected chi connectivity index (χ0v) is 17.9. The Morgan fingerprint density at radius 3 is 2.14 bits per heavy atom. The Bertz CT molecular complexity index is 877. The summed E-state index contributed by atoms with van der Waals surface area (Å²) >= 11 is 7.79. The topological polar surface area (TPSA) is 23.1 Å². The average Bonchev–Trinajstić information content (AvgIpc) is 2.56. The molecule has 1 radical (unpaired) electrons. The Balaban J connectivity index is 2.60. The van der Waals surface area contributed by atoms with Crippen molar-refractivity contribution in [3.8, 4) is 0 Å². The second-order valence-corrected chi connectivity index (χ2v) is 8.94. The Hall–Kier alpha value is -0.490. The van der Waals surface area contributed by atoms with Crippen molar-refractivity contribution in [1.82, 2.24) is 0 Å². The molecule has 2 aromatic rings. The van der Waals surface area contributed by atoms with Crippen LogP contribution in [0.15, 0.2) is 44.2 Å². The molecular formula is C16H7Br2ClF7OS. The number of hydrogen-bond donors (Lipinski definition) is 0. The molecule has 12 heteroatoms. The van der Waals surface area contributed by atoms with Crippen LogP contribution in [0.5, 0.6) is 0 Å². The second kappa shape index (κ2) is 8.33. The van der Waals surface area contributed by atoms with Gasteiger partial charge in [0.05, 0.1) is 11.2 Å². The lowest BCUT2D eigenvalue weighted by Gasteiger charge is -2.29. The summed E-state index contributed by atoms with van der Waals surface area (Å²) in [5.74, 6) is -6.51. The highest BCUT2D eigenvalue weighted by Crippen LogP contribution is 2.51. The van der Waals surface area contributed by atoms with E-state index in [9.17, 15) is 35.3 Å². The van der Waals surface area contributed by atoms with Crippen molar-refractivity contribution in [1.29, 1.82) is 0 Å². The van der Waals surface area contributed by atoms with E-state index in [-0.39, 0.29) is 26.0 Å². The molecule has 1 nitrogen and oxygen atoms in total. The van der Waals surface area contributed by atoms with E-state index in [1.54, 1.807) is 12.1 Å². The van der Waals surface area contributed by atoms with Gasteiger partial charge in [-0.15, -0.1) is 8.78 Å². The molecule has 0 saturated heterocycles. The van der Waals surface area contributed by atoms with Crippen LogP contribution in [-0.4, -0.2) is 21.9 Å². The Labute approximate surface area is 179 Å². The van der Waals surface area contributed by atoms with E-state index in [0.29, 0.717) is 5.56 Å². The van der Waals surface area contributed by atoms with Gasteiger partial charge in [0.15, 0.2) is 4.90 Å². The molecule has 0 aliphatic rings. The summed E-state index contributed by atoms with van der Waals surface area (Å²) in [5, 5.41) is -5.72. The van der Waals surface area contributed by atoms with E-state index in [4.69, 9.17) is 11.6 Å². The Kier molecular flexibility index (Phi) is 7.08. The molecule has 0 saturated carbocycles. The van der Waals surface area contributed by atoms with Crippen LogP contribution in [0.3, 0.4) is 0 Å². The minimum atomic E-state index is -6.59. The van der Waals surface area contributed by atoms with E-state index in [1.807, 2.05) is 0 Å². The number of rotatable bonds is 5. The molecule has 2 aromatic carbocycles. The quantitative estimate of drug-likeness (QED) is 0.274. The van der Waals surface area contributed by atoms with Gasteiger partial charge >= 0.3 is 17.4 Å². The van der Waals surface area contributed by atoms with E-state index < -0.39 is 33.4 Å². The predicted molar refractivity (Wildman–Crippen MR) is 97.3 cm³/mol. The fraction of sp³-hybridized carbons (Fsp3) is 0.250. The van der Waals surface area contributed by atoms with Gasteiger partial charge in [-0.1, -0.05) is 29.8 Å². The molecule has 0 fully saturated rings. The third-order valence-electron chi connectivity index (χ3n) is 3.53. The van der Waals surface area contributed by atoms with Gasteiger partial charge in [0.2, 0.25) is 0 Å². The monoisotopic (exact) mass is 573 g/mol. The zero-order chi connectivity index (χ0) is 21.5. The number of alkyl halides is 7. The molecule has 0 heterocycles. The van der Waals surface area contributed by atoms with Gasteiger partial charge in [0.1, 0.15) is 0 Å². The van der Waals surface area contributed by atoms with Gasteiger partial charge in [-0.3, -0.25) is 0 Å². The van der Waals surface area contributed by atoms with Crippen LogP contribution in [0.2, 0.25) is 5.02 Å². The molecule has 153 valence electrons. The first-order valence-electron chi connectivity index (χ1n) is 7.08. The summed E-state index contributed by atoms with van der Waals surface area (Å²) in [6.07, 6.45) is -6.86. The summed E-state index contributed by atoms with van der Waals surface area (Å²) in [5.41, 5.74) is 0.136. The summed E-state index contributed by atoms with van der Waals surface area (Å²) in [4.78, 5) is -0.911. The van der Waals surface area contributed by atoms with Crippen LogP contribution in [-0.2, 0) is 17.6 Å². The van der Waals surface area contributed by atoms with Crippen LogP contribution >= 0.6 is 43.5 Å². The molecule has 2 rings (SSSR count). The predicted octanol–water partition coefficient (Wildman–Crippen LogP) is 7.15. The maximum Gasteiger partial charge on any atom is 0.486 e. The van der Waals surface area contributed by atoms with Crippen molar-refractivity contribution >= 4 is 54.6 Å². The Morgan fingerprint density at radius 2 is 1.61 bits per heavy atom. The highest BCUT2D eigenvalue weighted by Gasteiger charge is 2.80. The van der Waals surface area contributed by atoms with Crippen LogP contribution < -0.4 is 0 Å². The van der Waals surface area contributed by atoms with Gasteiger partial charge in [-0.05, 0) is 43.5 Å². The number of halogens is 10. The van der Waals surface area contributed by atoms with Crippen molar-refractivity contribution < 1.29 is 35.3 Å². The Morgan fingerprint density at radius 1 is 1.04 bits per heavy atom. The number of benzene rings is 2. The first-order chi connectivity index (χ1) is 12.7. The lowest BCUT2D eigenvalue weighted by Crippen LogP contribution is -2.56. The maximum absolute atomic E-state index is 14.0. The molecule has 28 heavy (non-hydrogen) atoms. The van der Waals surface area contributed by atoms with E-state index in [1.165, 1.54) is 12.1 Å². The van der Waals surface area contributed by atoms with E-state index in [2.05, 4.69) is 37.9 Å². The summed E-state index contributed by atoms with van der Waals surface area (Å²) in [6.45, 7) is 0.